The van der Waals surface area contributed by atoms with E-state index in [0.717, 1.165) is 29.5 Å². The molecule has 31 heavy (non-hydrogen) atoms. The fourth-order valence-corrected chi connectivity index (χ4v) is 4.23. The van der Waals surface area contributed by atoms with Crippen molar-refractivity contribution in [2.45, 2.75) is 32.2 Å². The molecule has 1 saturated carbocycles. The molecule has 0 aliphatic heterocycles. The highest BCUT2D eigenvalue weighted by Gasteiger charge is 2.36. The number of fused-ring (bicyclic) bond motifs is 1. The van der Waals surface area contributed by atoms with Crippen molar-refractivity contribution in [3.63, 3.8) is 0 Å². The maximum absolute atomic E-state index is 13.0. The molecule has 7 heteroatoms. The Morgan fingerprint density at radius 3 is 2.55 bits per heavy atom. The summed E-state index contributed by atoms with van der Waals surface area (Å²) in [5.41, 5.74) is 2.96. The average Bonchev–Trinajstić information content (AvgIpc) is 3.46. The van der Waals surface area contributed by atoms with Crippen molar-refractivity contribution in [1.82, 2.24) is 14.9 Å². The second-order valence-electron chi connectivity index (χ2n) is 7.86. The molecule has 0 bridgehead atoms. The lowest BCUT2D eigenvalue weighted by Crippen LogP contribution is -2.37. The first-order chi connectivity index (χ1) is 15.0. The van der Waals surface area contributed by atoms with Gasteiger partial charge in [0.15, 0.2) is 5.58 Å². The highest BCUT2D eigenvalue weighted by molar-refractivity contribution is 5.94. The number of amides is 2. The molecular weight excluding hydrogens is 394 g/mol. The molecule has 0 spiro atoms. The van der Waals surface area contributed by atoms with Crippen LogP contribution in [-0.4, -0.2) is 53.5 Å². The minimum absolute atomic E-state index is 0.00367. The van der Waals surface area contributed by atoms with Crippen LogP contribution in [0, 0.1) is 5.92 Å². The summed E-state index contributed by atoms with van der Waals surface area (Å²) in [6, 6.07) is 14.9. The number of carbonyl (C=O) groups is 2. The lowest BCUT2D eigenvalue weighted by atomic mass is 10.1. The van der Waals surface area contributed by atoms with Gasteiger partial charge < -0.3 is 9.32 Å². The number of hydroxylamine groups is 2. The first-order valence-electron chi connectivity index (χ1n) is 10.6. The summed E-state index contributed by atoms with van der Waals surface area (Å²) in [4.78, 5) is 36.9. The van der Waals surface area contributed by atoms with Gasteiger partial charge in [-0.1, -0.05) is 12.1 Å². The van der Waals surface area contributed by atoms with Crippen LogP contribution in [-0.2, 0) is 9.63 Å². The predicted molar refractivity (Wildman–Crippen MR) is 117 cm³/mol. The second-order valence-corrected chi connectivity index (χ2v) is 7.86. The molecule has 0 N–H and O–H groups in total. The van der Waals surface area contributed by atoms with Gasteiger partial charge in [-0.2, -0.15) is 0 Å². The molecule has 1 fully saturated rings. The van der Waals surface area contributed by atoms with Crippen molar-refractivity contribution in [2.24, 2.45) is 5.92 Å². The third-order valence-electron chi connectivity index (χ3n) is 6.05. The molecule has 3 aromatic rings. The summed E-state index contributed by atoms with van der Waals surface area (Å²) >= 11 is 0. The van der Waals surface area contributed by atoms with E-state index in [-0.39, 0.29) is 23.8 Å². The van der Waals surface area contributed by atoms with Gasteiger partial charge in [-0.05, 0) is 62.6 Å². The van der Waals surface area contributed by atoms with Gasteiger partial charge >= 0.3 is 0 Å². The van der Waals surface area contributed by atoms with Crippen LogP contribution >= 0.6 is 0 Å². The van der Waals surface area contributed by atoms with Gasteiger partial charge in [-0.3, -0.25) is 14.4 Å². The van der Waals surface area contributed by atoms with Gasteiger partial charge in [0, 0.05) is 36.7 Å². The Hall–Kier alpha value is -3.19. The maximum atomic E-state index is 13.0. The molecule has 1 heterocycles. The molecule has 4 rings (SSSR count). The minimum atomic E-state index is -0.110. The van der Waals surface area contributed by atoms with Crippen molar-refractivity contribution < 1.29 is 18.8 Å². The van der Waals surface area contributed by atoms with E-state index in [1.54, 1.807) is 17.0 Å². The Morgan fingerprint density at radius 2 is 1.87 bits per heavy atom. The van der Waals surface area contributed by atoms with E-state index < -0.39 is 0 Å². The monoisotopic (exact) mass is 421 g/mol. The molecule has 1 aromatic heterocycles. The number of para-hydroxylation sites is 2. The summed E-state index contributed by atoms with van der Waals surface area (Å²) in [7, 11) is 3.32. The van der Waals surface area contributed by atoms with Crippen LogP contribution in [0.25, 0.3) is 22.6 Å². The molecule has 0 saturated heterocycles. The van der Waals surface area contributed by atoms with Crippen molar-refractivity contribution >= 4 is 22.9 Å². The third kappa shape index (κ3) is 4.18. The number of rotatable bonds is 6. The average molecular weight is 421 g/mol. The molecule has 2 aromatic carbocycles. The molecule has 0 unspecified atom stereocenters. The van der Waals surface area contributed by atoms with E-state index in [2.05, 4.69) is 4.98 Å². The summed E-state index contributed by atoms with van der Waals surface area (Å²) < 4.78 is 5.80. The summed E-state index contributed by atoms with van der Waals surface area (Å²) in [6.45, 7) is 2.39. The van der Waals surface area contributed by atoms with Crippen LogP contribution in [0.1, 0.15) is 36.5 Å². The highest BCUT2D eigenvalue weighted by Crippen LogP contribution is 2.31. The van der Waals surface area contributed by atoms with E-state index in [0.29, 0.717) is 24.4 Å². The zero-order valence-corrected chi connectivity index (χ0v) is 18.1. The van der Waals surface area contributed by atoms with Crippen LogP contribution in [0.2, 0.25) is 0 Å². The van der Waals surface area contributed by atoms with Crippen molar-refractivity contribution in [3.05, 3.63) is 54.1 Å². The van der Waals surface area contributed by atoms with Gasteiger partial charge in [0.1, 0.15) is 5.52 Å². The van der Waals surface area contributed by atoms with Gasteiger partial charge in [-0.25, -0.2) is 10.0 Å². The quantitative estimate of drug-likeness (QED) is 0.559. The molecule has 1 aliphatic carbocycles. The minimum Gasteiger partial charge on any atom is -0.436 e. The molecule has 162 valence electrons. The topological polar surface area (TPSA) is 75.9 Å². The Bertz CT molecular complexity index is 1040. The number of aromatic nitrogens is 1. The van der Waals surface area contributed by atoms with Gasteiger partial charge in [0.25, 0.3) is 5.91 Å². The highest BCUT2D eigenvalue weighted by atomic mass is 16.7. The van der Waals surface area contributed by atoms with Crippen LogP contribution in [0.5, 0.6) is 0 Å². The van der Waals surface area contributed by atoms with Crippen LogP contribution in [0.3, 0.4) is 0 Å². The molecule has 7 nitrogen and oxygen atoms in total. The number of carbonyl (C=O) groups excluding carboxylic acids is 2. The van der Waals surface area contributed by atoms with Gasteiger partial charge in [0.05, 0.1) is 7.11 Å². The first-order valence-corrected chi connectivity index (χ1v) is 10.6. The lowest BCUT2D eigenvalue weighted by Gasteiger charge is -2.25. The fraction of sp³-hybridized carbons (Fsp3) is 0.375. The van der Waals surface area contributed by atoms with Crippen LogP contribution < -0.4 is 0 Å². The summed E-state index contributed by atoms with van der Waals surface area (Å²) in [6.07, 6.45) is 2.22. The molecule has 1 aliphatic rings. The summed E-state index contributed by atoms with van der Waals surface area (Å²) in [5.74, 6) is 0.364. The predicted octanol–water partition coefficient (Wildman–Crippen LogP) is 4.15. The normalized spacial score (nSPS) is 18.3. The number of oxazole rings is 1. The van der Waals surface area contributed by atoms with E-state index in [4.69, 9.17) is 9.25 Å². The molecular formula is C24H27N3O4. The number of hydrogen-bond acceptors (Lipinski definition) is 5. The Labute approximate surface area is 181 Å². The first kappa shape index (κ1) is 21.1. The van der Waals surface area contributed by atoms with Crippen LogP contribution in [0.4, 0.5) is 0 Å². The summed E-state index contributed by atoms with van der Waals surface area (Å²) in [5, 5.41) is 1.39. The number of benzene rings is 2. The van der Waals surface area contributed by atoms with Crippen molar-refractivity contribution in [1.29, 1.82) is 0 Å². The number of nitrogens with zero attached hydrogens (tertiary/aromatic N) is 3. The zero-order chi connectivity index (χ0) is 22.0. The SMILES string of the molecule is CCN(OC)C(=O)[C@H]1CC[C@@H](N(C)C(=O)c2ccc(-c3nc4ccccc4o3)cc2)C1. The van der Waals surface area contributed by atoms with E-state index in [1.165, 1.54) is 12.2 Å². The van der Waals surface area contributed by atoms with Gasteiger partial charge in [0.2, 0.25) is 11.8 Å². The molecule has 2 amide bonds. The van der Waals surface area contributed by atoms with E-state index in [1.807, 2.05) is 50.4 Å². The van der Waals surface area contributed by atoms with Crippen molar-refractivity contribution in [3.8, 4) is 11.5 Å². The van der Waals surface area contributed by atoms with Crippen molar-refractivity contribution in [2.75, 3.05) is 20.7 Å². The Kier molecular flexibility index (Phi) is 6.04. The lowest BCUT2D eigenvalue weighted by molar-refractivity contribution is -0.179. The Morgan fingerprint density at radius 1 is 1.13 bits per heavy atom. The largest absolute Gasteiger partial charge is 0.436 e. The maximum Gasteiger partial charge on any atom is 0.253 e. The smallest absolute Gasteiger partial charge is 0.253 e. The standard InChI is InChI=1S/C24H27N3O4/c1-4-27(30-3)24(29)18-13-14-19(15-18)26(2)23(28)17-11-9-16(10-12-17)22-25-20-7-5-6-8-21(20)31-22/h5-12,18-19H,4,13-15H2,1-3H3/t18-,19+/m0/s1. The second kappa shape index (κ2) is 8.89. The zero-order valence-electron chi connectivity index (χ0n) is 18.1. The molecule has 0 radical (unpaired) electrons. The van der Waals surface area contributed by atoms with Crippen LogP contribution in [0.15, 0.2) is 52.9 Å². The third-order valence-corrected chi connectivity index (χ3v) is 6.05. The number of hydrogen-bond donors (Lipinski definition) is 0. The Balaban J connectivity index is 1.43. The fourth-order valence-electron chi connectivity index (χ4n) is 4.23. The van der Waals surface area contributed by atoms with Gasteiger partial charge in [-0.15, -0.1) is 0 Å². The van der Waals surface area contributed by atoms with E-state index >= 15 is 0 Å². The molecule has 2 atom stereocenters. The van der Waals surface area contributed by atoms with E-state index in [9.17, 15) is 9.59 Å².